The minimum Gasteiger partial charge on any atom is -0.359 e. The molecule has 2 aliphatic carbocycles. The molecule has 0 bridgehead atoms. The fraction of sp³-hybridized carbons (Fsp3) is 0.154. The topological polar surface area (TPSA) is 15.8 Å². The molecule has 0 amide bonds. The number of rotatable bonds is 1. The molecule has 0 spiro atoms. The van der Waals surface area contributed by atoms with Gasteiger partial charge in [-0.25, -0.2) is 0 Å². The van der Waals surface area contributed by atoms with Crippen molar-refractivity contribution >= 4 is 34.2 Å². The van der Waals surface area contributed by atoms with Crippen LogP contribution < -0.4 is 10.4 Å². The quantitative estimate of drug-likeness (QED) is 0.457. The van der Waals surface area contributed by atoms with Crippen molar-refractivity contribution in [1.29, 1.82) is 0 Å². The van der Waals surface area contributed by atoms with Gasteiger partial charge in [0.1, 0.15) is 0 Å². The van der Waals surface area contributed by atoms with Crippen LogP contribution in [0.3, 0.4) is 0 Å². The molecule has 1 aromatic heterocycles. The van der Waals surface area contributed by atoms with Gasteiger partial charge in [0.05, 0.1) is 10.5 Å². The van der Waals surface area contributed by atoms with Crippen molar-refractivity contribution in [3.63, 3.8) is 0 Å². The summed E-state index contributed by atoms with van der Waals surface area (Å²) < 4.78 is 0. The van der Waals surface area contributed by atoms with E-state index in [0.717, 1.165) is 29.8 Å². The van der Waals surface area contributed by atoms with E-state index in [-0.39, 0.29) is 0 Å². The molecular weight excluding hydrogens is 362 g/mol. The Kier molecular flexibility index (Phi) is 3.54. The third-order valence-corrected chi connectivity index (χ3v) is 6.64. The van der Waals surface area contributed by atoms with Crippen molar-refractivity contribution in [3.05, 3.63) is 92.9 Å². The molecule has 6 rings (SSSR count). The Balaban J connectivity index is 1.73. The highest BCUT2D eigenvalue weighted by atomic mass is 35.5. The van der Waals surface area contributed by atoms with Crippen LogP contribution >= 0.6 is 11.6 Å². The Hall–Kier alpha value is -2.77. The van der Waals surface area contributed by atoms with Gasteiger partial charge < -0.3 is 4.98 Å². The first kappa shape index (κ1) is 16.2. The number of H-pyrrole nitrogens is 1. The van der Waals surface area contributed by atoms with Crippen molar-refractivity contribution < 1.29 is 0 Å². The molecule has 0 aliphatic heterocycles. The van der Waals surface area contributed by atoms with E-state index in [0.29, 0.717) is 0 Å². The average Bonchev–Trinajstić information content (AvgIpc) is 3.18. The molecule has 28 heavy (non-hydrogen) atoms. The molecule has 0 unspecified atom stereocenters. The molecule has 136 valence electrons. The maximum Gasteiger partial charge on any atom is 0.0649 e. The molecule has 1 N–H and O–H groups in total. The highest BCUT2D eigenvalue weighted by Crippen LogP contribution is 2.32. The van der Waals surface area contributed by atoms with Crippen molar-refractivity contribution in [3.8, 4) is 11.1 Å². The molecule has 2 heteroatoms. The standard InChI is InChI=1S/C26H20ClN/c27-24-10-4-9-22-23(15-28-26(22)24)20-8-3-6-17-12-13-19-18-7-2-1-5-16(18)11-14-21(19)25(17)20/h1-2,4-5,7,9-10,12-15,28H,3,6,8,11H2. The zero-order valence-electron chi connectivity index (χ0n) is 15.6. The van der Waals surface area contributed by atoms with Gasteiger partial charge in [-0.2, -0.15) is 0 Å². The number of aromatic nitrogens is 1. The summed E-state index contributed by atoms with van der Waals surface area (Å²) in [5.74, 6) is 0. The predicted octanol–water partition coefficient (Wildman–Crippen LogP) is 5.36. The molecule has 3 aromatic carbocycles. The van der Waals surface area contributed by atoms with Gasteiger partial charge in [-0.3, -0.25) is 0 Å². The SMILES string of the molecule is Clc1cccc2c(C3=c4c(ccc5c4=CCc4ccccc4-5)CCC3)c[nH]c12. The number of aromatic amines is 1. The van der Waals surface area contributed by atoms with Crippen molar-refractivity contribution in [2.45, 2.75) is 25.7 Å². The third kappa shape index (κ3) is 2.26. The van der Waals surface area contributed by atoms with Crippen LogP contribution in [0, 0.1) is 0 Å². The second-order valence-corrected chi connectivity index (χ2v) is 8.23. The van der Waals surface area contributed by atoms with Gasteiger partial charge in [0.25, 0.3) is 0 Å². The smallest absolute Gasteiger partial charge is 0.0649 e. The highest BCUT2D eigenvalue weighted by molar-refractivity contribution is 6.35. The van der Waals surface area contributed by atoms with Crippen molar-refractivity contribution in [2.75, 3.05) is 0 Å². The first-order valence-electron chi connectivity index (χ1n) is 10.0. The molecule has 0 atom stereocenters. The molecule has 0 fully saturated rings. The zero-order chi connectivity index (χ0) is 18.7. The van der Waals surface area contributed by atoms with E-state index in [4.69, 9.17) is 11.6 Å². The van der Waals surface area contributed by atoms with Gasteiger partial charge in [0.2, 0.25) is 0 Å². The lowest BCUT2D eigenvalue weighted by Gasteiger charge is -2.21. The first-order valence-corrected chi connectivity index (χ1v) is 10.4. The van der Waals surface area contributed by atoms with Crippen LogP contribution in [0.4, 0.5) is 0 Å². The lowest BCUT2D eigenvalue weighted by Crippen LogP contribution is -2.36. The molecule has 0 radical (unpaired) electrons. The molecule has 1 nitrogen and oxygen atoms in total. The summed E-state index contributed by atoms with van der Waals surface area (Å²) in [4.78, 5) is 3.42. The van der Waals surface area contributed by atoms with Gasteiger partial charge in [0.15, 0.2) is 0 Å². The van der Waals surface area contributed by atoms with Gasteiger partial charge in [0, 0.05) is 17.1 Å². The van der Waals surface area contributed by atoms with Crippen LogP contribution in [0.1, 0.15) is 29.5 Å². The van der Waals surface area contributed by atoms with Crippen LogP contribution in [0.25, 0.3) is 33.7 Å². The Morgan fingerprint density at radius 2 is 1.71 bits per heavy atom. The van der Waals surface area contributed by atoms with Crippen molar-refractivity contribution in [2.24, 2.45) is 0 Å². The first-order chi connectivity index (χ1) is 13.8. The molecule has 0 saturated heterocycles. The largest absolute Gasteiger partial charge is 0.359 e. The second kappa shape index (κ2) is 6.12. The molecule has 0 saturated carbocycles. The number of hydrogen-bond acceptors (Lipinski definition) is 0. The Bertz CT molecular complexity index is 1370. The normalized spacial score (nSPS) is 15.0. The van der Waals surface area contributed by atoms with Crippen LogP contribution in [0.2, 0.25) is 5.02 Å². The second-order valence-electron chi connectivity index (χ2n) is 7.82. The van der Waals surface area contributed by atoms with Gasteiger partial charge >= 0.3 is 0 Å². The number of nitrogens with one attached hydrogen (secondary N) is 1. The van der Waals surface area contributed by atoms with E-state index < -0.39 is 0 Å². The van der Waals surface area contributed by atoms with Crippen LogP contribution in [0.5, 0.6) is 0 Å². The number of hydrogen-bond donors (Lipinski definition) is 1. The number of para-hydroxylation sites is 1. The number of halogens is 1. The summed E-state index contributed by atoms with van der Waals surface area (Å²) >= 11 is 6.43. The summed E-state index contributed by atoms with van der Waals surface area (Å²) in [7, 11) is 0. The summed E-state index contributed by atoms with van der Waals surface area (Å²) in [5, 5.41) is 4.89. The zero-order valence-corrected chi connectivity index (χ0v) is 16.3. The van der Waals surface area contributed by atoms with E-state index in [1.807, 2.05) is 6.07 Å². The third-order valence-electron chi connectivity index (χ3n) is 6.33. The van der Waals surface area contributed by atoms with E-state index in [2.05, 4.69) is 65.8 Å². The van der Waals surface area contributed by atoms with E-state index in [1.165, 1.54) is 55.6 Å². The minimum absolute atomic E-state index is 0.788. The summed E-state index contributed by atoms with van der Waals surface area (Å²) in [6.07, 6.45) is 9.06. The Morgan fingerprint density at radius 3 is 2.68 bits per heavy atom. The molecule has 1 heterocycles. The van der Waals surface area contributed by atoms with Gasteiger partial charge in [-0.05, 0) is 70.0 Å². The van der Waals surface area contributed by atoms with E-state index in [1.54, 1.807) is 0 Å². The molecule has 4 aromatic rings. The summed E-state index contributed by atoms with van der Waals surface area (Å²) in [6.45, 7) is 0. The highest BCUT2D eigenvalue weighted by Gasteiger charge is 2.19. The number of fused-ring (bicyclic) bond motifs is 6. The average molecular weight is 382 g/mol. The number of aryl methyl sites for hydroxylation is 1. The maximum absolute atomic E-state index is 6.43. The predicted molar refractivity (Wildman–Crippen MR) is 118 cm³/mol. The molecular formula is C26H20ClN. The van der Waals surface area contributed by atoms with E-state index >= 15 is 0 Å². The van der Waals surface area contributed by atoms with Gasteiger partial charge in [-0.15, -0.1) is 0 Å². The lowest BCUT2D eigenvalue weighted by molar-refractivity contribution is 0.819. The van der Waals surface area contributed by atoms with E-state index in [9.17, 15) is 0 Å². The van der Waals surface area contributed by atoms with Crippen LogP contribution in [-0.2, 0) is 12.8 Å². The maximum atomic E-state index is 6.43. The fourth-order valence-electron chi connectivity index (χ4n) is 5.07. The van der Waals surface area contributed by atoms with Gasteiger partial charge in [-0.1, -0.05) is 66.2 Å². The molecule has 2 aliphatic rings. The summed E-state index contributed by atoms with van der Waals surface area (Å²) in [6, 6.07) is 19.7. The lowest BCUT2D eigenvalue weighted by atomic mass is 9.83. The minimum atomic E-state index is 0.788. The van der Waals surface area contributed by atoms with Crippen LogP contribution in [0.15, 0.2) is 60.8 Å². The summed E-state index contributed by atoms with van der Waals surface area (Å²) in [5.41, 5.74) is 9.46. The Morgan fingerprint density at radius 1 is 0.786 bits per heavy atom. The van der Waals surface area contributed by atoms with Crippen molar-refractivity contribution in [1.82, 2.24) is 4.98 Å². The Labute approximate surface area is 169 Å². The van der Waals surface area contributed by atoms with Crippen LogP contribution in [-0.4, -0.2) is 4.98 Å². The fourth-order valence-corrected chi connectivity index (χ4v) is 5.30. The number of benzene rings is 3. The monoisotopic (exact) mass is 381 g/mol.